The molecule has 1 saturated carbocycles. The molecule has 0 radical (unpaired) electrons. The summed E-state index contributed by atoms with van der Waals surface area (Å²) < 4.78 is 5.07. The van der Waals surface area contributed by atoms with Gasteiger partial charge in [-0.15, -0.1) is 0 Å². The van der Waals surface area contributed by atoms with Crippen molar-refractivity contribution in [2.75, 3.05) is 19.0 Å². The fourth-order valence-corrected chi connectivity index (χ4v) is 1.89. The molecule has 1 fully saturated rings. The quantitative estimate of drug-likeness (QED) is 0.630. The molecule has 17 heavy (non-hydrogen) atoms. The Balaban J connectivity index is 2.12. The number of benzene rings is 1. The molecule has 0 saturated heterocycles. The van der Waals surface area contributed by atoms with Crippen LogP contribution in [0.4, 0.5) is 11.4 Å². The Bertz CT molecular complexity index is 416. The van der Waals surface area contributed by atoms with Crippen molar-refractivity contribution >= 4 is 11.4 Å². The van der Waals surface area contributed by atoms with Crippen molar-refractivity contribution in [1.29, 1.82) is 0 Å². The molecule has 5 nitrogen and oxygen atoms in total. The van der Waals surface area contributed by atoms with Gasteiger partial charge < -0.3 is 10.1 Å². The Hall–Kier alpha value is -1.78. The summed E-state index contributed by atoms with van der Waals surface area (Å²) in [6.07, 6.45) is 3.70. The number of hydrogen-bond donors (Lipinski definition) is 1. The van der Waals surface area contributed by atoms with E-state index in [-0.39, 0.29) is 10.6 Å². The van der Waals surface area contributed by atoms with Crippen molar-refractivity contribution < 1.29 is 9.66 Å². The normalized spacial score (nSPS) is 15.1. The Kier molecular flexibility index (Phi) is 3.46. The molecular formula is C12H16N2O3. The maximum absolute atomic E-state index is 10.9. The lowest BCUT2D eigenvalue weighted by molar-refractivity contribution is -0.384. The van der Waals surface area contributed by atoms with Crippen LogP contribution in [0.1, 0.15) is 19.3 Å². The predicted octanol–water partition coefficient (Wildman–Crippen LogP) is 2.82. The third kappa shape index (κ3) is 2.67. The summed E-state index contributed by atoms with van der Waals surface area (Å²) in [5.74, 6) is 1.28. The first kappa shape index (κ1) is 11.7. The van der Waals surface area contributed by atoms with Crippen LogP contribution in [0.15, 0.2) is 18.2 Å². The van der Waals surface area contributed by atoms with E-state index in [1.165, 1.54) is 25.3 Å². The van der Waals surface area contributed by atoms with Crippen LogP contribution in [0.3, 0.4) is 0 Å². The van der Waals surface area contributed by atoms with Crippen molar-refractivity contribution in [2.24, 2.45) is 5.92 Å². The average molecular weight is 236 g/mol. The fourth-order valence-electron chi connectivity index (χ4n) is 1.89. The minimum absolute atomic E-state index is 0.102. The number of rotatable bonds is 5. The highest BCUT2D eigenvalue weighted by Crippen LogP contribution is 2.31. The largest absolute Gasteiger partial charge is 0.497 e. The number of anilines is 1. The first-order chi connectivity index (χ1) is 8.20. The van der Waals surface area contributed by atoms with E-state index in [4.69, 9.17) is 4.74 Å². The molecule has 0 unspecified atom stereocenters. The molecule has 0 amide bonds. The molecule has 1 aromatic rings. The van der Waals surface area contributed by atoms with E-state index in [1.54, 1.807) is 19.2 Å². The summed E-state index contributed by atoms with van der Waals surface area (Å²) in [6.45, 7) is 0.800. The number of hydrogen-bond acceptors (Lipinski definition) is 4. The zero-order valence-corrected chi connectivity index (χ0v) is 9.81. The fraction of sp³-hybridized carbons (Fsp3) is 0.500. The van der Waals surface area contributed by atoms with Crippen molar-refractivity contribution in [3.8, 4) is 5.75 Å². The molecule has 92 valence electrons. The van der Waals surface area contributed by atoms with Crippen LogP contribution in [0.5, 0.6) is 5.75 Å². The van der Waals surface area contributed by atoms with Gasteiger partial charge in [-0.2, -0.15) is 0 Å². The highest BCUT2D eigenvalue weighted by atomic mass is 16.6. The molecule has 0 heterocycles. The summed E-state index contributed by atoms with van der Waals surface area (Å²) in [5, 5.41) is 14.0. The Morgan fingerprint density at radius 2 is 2.29 bits per heavy atom. The minimum Gasteiger partial charge on any atom is -0.497 e. The van der Waals surface area contributed by atoms with Crippen molar-refractivity contribution in [1.82, 2.24) is 0 Å². The van der Waals surface area contributed by atoms with E-state index >= 15 is 0 Å². The molecule has 1 N–H and O–H groups in total. The highest BCUT2D eigenvalue weighted by Gasteiger charge is 2.19. The van der Waals surface area contributed by atoms with Crippen molar-refractivity contribution in [3.05, 3.63) is 28.3 Å². The van der Waals surface area contributed by atoms with E-state index in [0.717, 1.165) is 6.54 Å². The number of methoxy groups -OCH3 is 1. The molecule has 0 spiro atoms. The zero-order valence-electron chi connectivity index (χ0n) is 9.81. The van der Waals surface area contributed by atoms with E-state index in [2.05, 4.69) is 5.32 Å². The van der Waals surface area contributed by atoms with Crippen LogP contribution in [0.25, 0.3) is 0 Å². The third-order valence-electron chi connectivity index (χ3n) is 3.21. The van der Waals surface area contributed by atoms with Crippen molar-refractivity contribution in [2.45, 2.75) is 19.3 Å². The summed E-state index contributed by atoms with van der Waals surface area (Å²) >= 11 is 0. The van der Waals surface area contributed by atoms with Gasteiger partial charge in [0.05, 0.1) is 12.0 Å². The summed E-state index contributed by atoms with van der Waals surface area (Å²) in [7, 11) is 1.55. The van der Waals surface area contributed by atoms with Crippen molar-refractivity contribution in [3.63, 3.8) is 0 Å². The second-order valence-electron chi connectivity index (χ2n) is 4.32. The van der Waals surface area contributed by atoms with E-state index in [1.807, 2.05) is 0 Å². The molecule has 0 aliphatic heterocycles. The summed E-state index contributed by atoms with van der Waals surface area (Å²) in [5.41, 5.74) is 0.645. The standard InChI is InChI=1S/C12H16N2O3/c1-17-10-5-6-12(14(15)16)11(7-10)13-8-9-3-2-4-9/h5-7,9,13H,2-4,8H2,1H3. The Morgan fingerprint density at radius 1 is 1.53 bits per heavy atom. The van der Waals surface area contributed by atoms with Gasteiger partial charge in [-0.3, -0.25) is 10.1 Å². The highest BCUT2D eigenvalue weighted by molar-refractivity contribution is 5.64. The smallest absolute Gasteiger partial charge is 0.292 e. The minimum atomic E-state index is -0.372. The second kappa shape index (κ2) is 5.03. The van der Waals surface area contributed by atoms with Gasteiger partial charge in [-0.1, -0.05) is 6.42 Å². The topological polar surface area (TPSA) is 64.4 Å². The van der Waals surface area contributed by atoms with Crippen LogP contribution < -0.4 is 10.1 Å². The van der Waals surface area contributed by atoms with Crippen LogP contribution in [-0.4, -0.2) is 18.6 Å². The summed E-state index contributed by atoms with van der Waals surface area (Å²) in [6, 6.07) is 4.76. The predicted molar refractivity (Wildman–Crippen MR) is 65.5 cm³/mol. The number of nitrogens with zero attached hydrogens (tertiary/aromatic N) is 1. The molecule has 0 bridgehead atoms. The molecule has 1 aliphatic rings. The Labute approximate surface area is 99.9 Å². The van der Waals surface area contributed by atoms with Crippen LogP contribution in [-0.2, 0) is 0 Å². The van der Waals surface area contributed by atoms with E-state index in [9.17, 15) is 10.1 Å². The van der Waals surface area contributed by atoms with Gasteiger partial charge in [0, 0.05) is 18.7 Å². The number of nitrogens with one attached hydrogen (secondary N) is 1. The van der Waals surface area contributed by atoms with E-state index < -0.39 is 0 Å². The van der Waals surface area contributed by atoms with Gasteiger partial charge in [0.25, 0.3) is 5.69 Å². The monoisotopic (exact) mass is 236 g/mol. The molecule has 0 atom stereocenters. The molecule has 1 aliphatic carbocycles. The van der Waals surface area contributed by atoms with E-state index in [0.29, 0.717) is 17.4 Å². The van der Waals surface area contributed by atoms with Crippen LogP contribution in [0.2, 0.25) is 0 Å². The van der Waals surface area contributed by atoms with Gasteiger partial charge in [-0.25, -0.2) is 0 Å². The average Bonchev–Trinajstić information content (AvgIpc) is 2.26. The first-order valence-electron chi connectivity index (χ1n) is 5.77. The molecule has 5 heteroatoms. The summed E-state index contributed by atoms with van der Waals surface area (Å²) in [4.78, 5) is 10.5. The third-order valence-corrected chi connectivity index (χ3v) is 3.21. The number of ether oxygens (including phenoxy) is 1. The van der Waals surface area contributed by atoms with Gasteiger partial charge >= 0.3 is 0 Å². The van der Waals surface area contributed by atoms with Gasteiger partial charge in [0.15, 0.2) is 0 Å². The van der Waals surface area contributed by atoms with Crippen LogP contribution >= 0.6 is 0 Å². The maximum Gasteiger partial charge on any atom is 0.292 e. The van der Waals surface area contributed by atoms with Gasteiger partial charge in [0.1, 0.15) is 11.4 Å². The molecule has 0 aromatic heterocycles. The zero-order chi connectivity index (χ0) is 12.3. The SMILES string of the molecule is COc1ccc([N+](=O)[O-])c(NCC2CCC2)c1. The number of nitro benzene ring substituents is 1. The first-order valence-corrected chi connectivity index (χ1v) is 5.77. The lowest BCUT2D eigenvalue weighted by Crippen LogP contribution is -2.21. The maximum atomic E-state index is 10.9. The number of nitro groups is 1. The Morgan fingerprint density at radius 3 is 2.82 bits per heavy atom. The van der Waals surface area contributed by atoms with Gasteiger partial charge in [0.2, 0.25) is 0 Å². The molecule has 2 rings (SSSR count). The lowest BCUT2D eigenvalue weighted by Gasteiger charge is -2.25. The van der Waals surface area contributed by atoms with Gasteiger partial charge in [-0.05, 0) is 24.8 Å². The van der Waals surface area contributed by atoms with Crippen LogP contribution in [0, 0.1) is 16.0 Å². The second-order valence-corrected chi connectivity index (χ2v) is 4.32. The molecule has 1 aromatic carbocycles. The molecular weight excluding hydrogens is 220 g/mol. The lowest BCUT2D eigenvalue weighted by atomic mass is 9.85.